The maximum absolute atomic E-state index is 13.4. The van der Waals surface area contributed by atoms with Crippen LogP contribution in [0, 0.1) is 11.7 Å². The second-order valence-electron chi connectivity index (χ2n) is 3.64. The van der Waals surface area contributed by atoms with Crippen LogP contribution in [0.1, 0.15) is 20.3 Å². The molecule has 0 saturated heterocycles. The number of halogens is 1. The summed E-state index contributed by atoms with van der Waals surface area (Å²) in [5.74, 6) is -0.997. The fourth-order valence-corrected chi connectivity index (χ4v) is 1.68. The van der Waals surface area contributed by atoms with Crippen molar-refractivity contribution in [2.24, 2.45) is 11.0 Å². The molecule has 1 aromatic rings. The molecule has 1 aromatic heterocycles. The van der Waals surface area contributed by atoms with Crippen molar-refractivity contribution in [1.29, 1.82) is 0 Å². The van der Waals surface area contributed by atoms with Crippen molar-refractivity contribution in [2.45, 2.75) is 20.3 Å². The maximum atomic E-state index is 13.4. The van der Waals surface area contributed by atoms with Gasteiger partial charge in [-0.15, -0.1) is 0 Å². The zero-order chi connectivity index (χ0) is 11.7. The number of nitrogens with zero attached hydrogens (tertiary/aromatic N) is 3. The summed E-state index contributed by atoms with van der Waals surface area (Å²) in [4.78, 5) is 15.5. The third-order valence-corrected chi connectivity index (χ3v) is 2.65. The van der Waals surface area contributed by atoms with Gasteiger partial charge in [0.1, 0.15) is 5.69 Å². The normalized spacial score (nSPS) is 20.2. The Balaban J connectivity index is 2.40. The van der Waals surface area contributed by atoms with Gasteiger partial charge in [0.2, 0.25) is 0 Å². The second-order valence-corrected chi connectivity index (χ2v) is 3.64. The SMILES string of the molecule is CCC1=NN(c2ccncc2F)C(=O)C1C. The van der Waals surface area contributed by atoms with Gasteiger partial charge in [-0.05, 0) is 19.4 Å². The Bertz CT molecular complexity index is 458. The molecule has 2 rings (SSSR count). The standard InChI is InChI=1S/C11H12FN3O/c1-3-9-7(2)11(16)15(14-9)10-4-5-13-6-8(10)12/h4-7H,3H2,1-2H3. The Morgan fingerprint density at radius 1 is 1.56 bits per heavy atom. The van der Waals surface area contributed by atoms with Crippen molar-refractivity contribution >= 4 is 17.3 Å². The summed E-state index contributed by atoms with van der Waals surface area (Å²) >= 11 is 0. The number of anilines is 1. The van der Waals surface area contributed by atoms with Gasteiger partial charge in [0.15, 0.2) is 5.82 Å². The smallest absolute Gasteiger partial charge is 0.256 e. The summed E-state index contributed by atoms with van der Waals surface area (Å²) in [5, 5.41) is 5.26. The van der Waals surface area contributed by atoms with Crippen molar-refractivity contribution in [3.8, 4) is 0 Å². The predicted octanol–water partition coefficient (Wildman–Crippen LogP) is 1.97. The summed E-state index contributed by atoms with van der Waals surface area (Å²) in [6, 6.07) is 1.45. The number of hydrogen-bond donors (Lipinski definition) is 0. The van der Waals surface area contributed by atoms with E-state index < -0.39 is 5.82 Å². The van der Waals surface area contributed by atoms with Crippen LogP contribution < -0.4 is 5.01 Å². The molecule has 1 atom stereocenters. The van der Waals surface area contributed by atoms with E-state index in [0.29, 0.717) is 6.42 Å². The summed E-state index contributed by atoms with van der Waals surface area (Å²) in [5.41, 5.74) is 0.941. The fourth-order valence-electron chi connectivity index (χ4n) is 1.68. The Morgan fingerprint density at radius 3 is 2.88 bits per heavy atom. The molecule has 0 saturated carbocycles. The third kappa shape index (κ3) is 1.58. The van der Waals surface area contributed by atoms with Crippen LogP contribution >= 0.6 is 0 Å². The van der Waals surface area contributed by atoms with Gasteiger partial charge in [-0.1, -0.05) is 6.92 Å². The number of hydrazone groups is 1. The first-order valence-electron chi connectivity index (χ1n) is 5.16. The first-order chi connectivity index (χ1) is 7.65. The van der Waals surface area contributed by atoms with E-state index in [4.69, 9.17) is 0 Å². The van der Waals surface area contributed by atoms with E-state index in [0.717, 1.165) is 16.9 Å². The first kappa shape index (κ1) is 10.7. The van der Waals surface area contributed by atoms with Crippen molar-refractivity contribution < 1.29 is 9.18 Å². The van der Waals surface area contributed by atoms with Gasteiger partial charge in [-0.2, -0.15) is 10.1 Å². The molecule has 1 unspecified atom stereocenters. The van der Waals surface area contributed by atoms with Crippen LogP contribution in [0.25, 0.3) is 0 Å². The number of pyridine rings is 1. The fraction of sp³-hybridized carbons (Fsp3) is 0.364. The van der Waals surface area contributed by atoms with Crippen LogP contribution in [0.3, 0.4) is 0 Å². The molecule has 1 amide bonds. The molecule has 0 radical (unpaired) electrons. The summed E-state index contributed by atoms with van der Waals surface area (Å²) < 4.78 is 13.4. The second kappa shape index (κ2) is 4.00. The van der Waals surface area contributed by atoms with Gasteiger partial charge in [-0.3, -0.25) is 9.78 Å². The summed E-state index contributed by atoms with van der Waals surface area (Å²) in [7, 11) is 0. The Labute approximate surface area is 92.8 Å². The molecule has 4 nitrogen and oxygen atoms in total. The molecule has 0 aromatic carbocycles. The molecular weight excluding hydrogens is 209 g/mol. The highest BCUT2D eigenvalue weighted by Gasteiger charge is 2.33. The Morgan fingerprint density at radius 2 is 2.31 bits per heavy atom. The minimum Gasteiger partial charge on any atom is -0.272 e. The van der Waals surface area contributed by atoms with Gasteiger partial charge in [0.25, 0.3) is 5.91 Å². The number of carbonyl (C=O) groups excluding carboxylic acids is 1. The molecule has 5 heteroatoms. The minimum atomic E-state index is -0.538. The molecule has 16 heavy (non-hydrogen) atoms. The highest BCUT2D eigenvalue weighted by molar-refractivity contribution is 6.15. The molecule has 0 bridgehead atoms. The molecule has 1 aliphatic heterocycles. The number of aromatic nitrogens is 1. The van der Waals surface area contributed by atoms with Gasteiger partial charge in [0, 0.05) is 6.20 Å². The highest BCUT2D eigenvalue weighted by Crippen LogP contribution is 2.26. The zero-order valence-electron chi connectivity index (χ0n) is 9.14. The number of amides is 1. The molecular formula is C11H12FN3O. The van der Waals surface area contributed by atoms with E-state index in [1.54, 1.807) is 6.92 Å². The lowest BCUT2D eigenvalue weighted by molar-refractivity contribution is -0.119. The van der Waals surface area contributed by atoms with Crippen molar-refractivity contribution in [3.05, 3.63) is 24.3 Å². The summed E-state index contributed by atoms with van der Waals surface area (Å²) in [6.45, 7) is 3.71. The number of hydrogen-bond acceptors (Lipinski definition) is 3. The minimum absolute atomic E-state index is 0.162. The third-order valence-electron chi connectivity index (χ3n) is 2.65. The number of rotatable bonds is 2. The van der Waals surface area contributed by atoms with Gasteiger partial charge in [0.05, 0.1) is 17.8 Å². The average Bonchev–Trinajstić information content (AvgIpc) is 2.57. The van der Waals surface area contributed by atoms with Crippen molar-refractivity contribution in [2.75, 3.05) is 5.01 Å². The number of carbonyl (C=O) groups is 1. The van der Waals surface area contributed by atoms with Crippen LogP contribution in [0.2, 0.25) is 0 Å². The van der Waals surface area contributed by atoms with E-state index in [1.165, 1.54) is 12.3 Å². The lowest BCUT2D eigenvalue weighted by atomic mass is 10.0. The van der Waals surface area contributed by atoms with Gasteiger partial charge >= 0.3 is 0 Å². The molecule has 0 spiro atoms. The lowest BCUT2D eigenvalue weighted by Gasteiger charge is -2.12. The molecule has 0 fully saturated rings. The van der Waals surface area contributed by atoms with Crippen LogP contribution in [0.5, 0.6) is 0 Å². The van der Waals surface area contributed by atoms with Crippen LogP contribution in [-0.4, -0.2) is 16.6 Å². The van der Waals surface area contributed by atoms with E-state index >= 15 is 0 Å². The monoisotopic (exact) mass is 221 g/mol. The summed E-state index contributed by atoms with van der Waals surface area (Å²) in [6.07, 6.45) is 3.21. The van der Waals surface area contributed by atoms with Crippen molar-refractivity contribution in [3.63, 3.8) is 0 Å². The van der Waals surface area contributed by atoms with E-state index in [2.05, 4.69) is 10.1 Å². The van der Waals surface area contributed by atoms with E-state index in [9.17, 15) is 9.18 Å². The maximum Gasteiger partial charge on any atom is 0.256 e. The quantitative estimate of drug-likeness (QED) is 0.766. The van der Waals surface area contributed by atoms with Crippen LogP contribution in [0.15, 0.2) is 23.6 Å². The Kier molecular flexibility index (Phi) is 2.68. The van der Waals surface area contributed by atoms with E-state index in [-0.39, 0.29) is 17.5 Å². The molecule has 0 N–H and O–H groups in total. The largest absolute Gasteiger partial charge is 0.272 e. The van der Waals surface area contributed by atoms with Crippen LogP contribution in [0.4, 0.5) is 10.1 Å². The van der Waals surface area contributed by atoms with E-state index in [1.807, 2.05) is 6.92 Å². The Hall–Kier alpha value is -1.78. The van der Waals surface area contributed by atoms with Gasteiger partial charge < -0.3 is 0 Å². The van der Waals surface area contributed by atoms with Gasteiger partial charge in [-0.25, -0.2) is 4.39 Å². The molecule has 2 heterocycles. The highest BCUT2D eigenvalue weighted by atomic mass is 19.1. The molecule has 1 aliphatic rings. The topological polar surface area (TPSA) is 45.6 Å². The average molecular weight is 221 g/mol. The van der Waals surface area contributed by atoms with Crippen molar-refractivity contribution in [1.82, 2.24) is 4.98 Å². The first-order valence-corrected chi connectivity index (χ1v) is 5.16. The van der Waals surface area contributed by atoms with Crippen LogP contribution in [-0.2, 0) is 4.79 Å². The predicted molar refractivity (Wildman–Crippen MR) is 58.6 cm³/mol. The molecule has 84 valence electrons. The lowest BCUT2D eigenvalue weighted by Crippen LogP contribution is -2.26. The molecule has 0 aliphatic carbocycles. The zero-order valence-corrected chi connectivity index (χ0v) is 9.14.